The molecule has 3 aromatic rings. The van der Waals surface area contributed by atoms with Crippen LogP contribution in [0, 0.1) is 5.82 Å². The Bertz CT molecular complexity index is 1350. The average Bonchev–Trinajstić information content (AvgIpc) is 3.27. The molecule has 1 aliphatic heterocycles. The minimum atomic E-state index is -0.660. The second kappa shape index (κ2) is 10.1. The molecule has 35 heavy (non-hydrogen) atoms. The van der Waals surface area contributed by atoms with Gasteiger partial charge in [0.25, 0.3) is 11.1 Å². The molecule has 0 bridgehead atoms. The number of benzene rings is 2. The Hall–Kier alpha value is -3.92. The second-order valence-electron chi connectivity index (χ2n) is 8.09. The molecule has 1 aliphatic rings. The number of hydrogen-bond donors (Lipinski definition) is 1. The summed E-state index contributed by atoms with van der Waals surface area (Å²) >= 11 is 0.744. The van der Waals surface area contributed by atoms with Crippen molar-refractivity contribution in [1.82, 2.24) is 9.47 Å². The van der Waals surface area contributed by atoms with Gasteiger partial charge in [0, 0.05) is 28.4 Å². The molecule has 0 spiro atoms. The largest absolute Gasteiger partial charge is 0.462 e. The summed E-state index contributed by atoms with van der Waals surface area (Å²) in [6.07, 6.45) is 2.94. The van der Waals surface area contributed by atoms with Gasteiger partial charge in [0.05, 0.1) is 11.0 Å². The third-order valence-electron chi connectivity index (χ3n) is 5.08. The third kappa shape index (κ3) is 5.60. The van der Waals surface area contributed by atoms with Crippen molar-refractivity contribution < 1.29 is 28.3 Å². The van der Waals surface area contributed by atoms with Gasteiger partial charge in [-0.05, 0) is 62.0 Å². The molecule has 3 amide bonds. The fraction of sp³-hybridized carbons (Fsp3) is 0.200. The fourth-order valence-corrected chi connectivity index (χ4v) is 4.45. The summed E-state index contributed by atoms with van der Waals surface area (Å²) in [5.41, 5.74) is 1.87. The number of carbonyl (C=O) groups is 4. The summed E-state index contributed by atoms with van der Waals surface area (Å²) in [5.74, 6) is -1.95. The maximum absolute atomic E-state index is 13.1. The summed E-state index contributed by atoms with van der Waals surface area (Å²) in [6.45, 7) is 2.89. The van der Waals surface area contributed by atoms with E-state index in [0.29, 0.717) is 11.3 Å². The first kappa shape index (κ1) is 24.2. The SMILES string of the molecule is CC(C)OC(=O)CN1C(=O)S/C(=C\c2cn(CC(=O)Nc3ccc(F)cc3)c3ccccc23)C1=O. The van der Waals surface area contributed by atoms with E-state index >= 15 is 0 Å². The zero-order chi connectivity index (χ0) is 25.1. The number of fused-ring (bicyclic) bond motifs is 1. The van der Waals surface area contributed by atoms with Gasteiger partial charge in [-0.1, -0.05) is 18.2 Å². The molecule has 10 heteroatoms. The summed E-state index contributed by atoms with van der Waals surface area (Å²) in [7, 11) is 0. The monoisotopic (exact) mass is 495 g/mol. The normalized spacial score (nSPS) is 14.9. The van der Waals surface area contributed by atoms with Crippen LogP contribution in [0.5, 0.6) is 0 Å². The van der Waals surface area contributed by atoms with Gasteiger partial charge in [-0.25, -0.2) is 4.39 Å². The van der Waals surface area contributed by atoms with Crippen LogP contribution >= 0.6 is 11.8 Å². The highest BCUT2D eigenvalue weighted by atomic mass is 32.2. The fourth-order valence-electron chi connectivity index (χ4n) is 3.62. The van der Waals surface area contributed by atoms with E-state index in [2.05, 4.69) is 5.32 Å². The Morgan fingerprint density at radius 3 is 2.51 bits per heavy atom. The predicted molar refractivity (Wildman–Crippen MR) is 131 cm³/mol. The van der Waals surface area contributed by atoms with Crippen LogP contribution in [0.15, 0.2) is 59.6 Å². The highest BCUT2D eigenvalue weighted by Gasteiger charge is 2.37. The lowest BCUT2D eigenvalue weighted by Gasteiger charge is -2.13. The lowest BCUT2D eigenvalue weighted by Crippen LogP contribution is -2.35. The molecule has 1 saturated heterocycles. The Labute approximate surface area is 204 Å². The molecule has 1 fully saturated rings. The summed E-state index contributed by atoms with van der Waals surface area (Å²) in [5, 5.41) is 2.95. The third-order valence-corrected chi connectivity index (χ3v) is 5.98. The van der Waals surface area contributed by atoms with Gasteiger partial charge >= 0.3 is 5.97 Å². The van der Waals surface area contributed by atoms with Gasteiger partial charge in [0.2, 0.25) is 5.91 Å². The molecule has 4 rings (SSSR count). The molecule has 2 aromatic carbocycles. The molecule has 0 atom stereocenters. The maximum atomic E-state index is 13.1. The van der Waals surface area contributed by atoms with Crippen LogP contribution in [0.3, 0.4) is 0 Å². The standard InChI is InChI=1S/C25H22FN3O5S/c1-15(2)34-23(31)14-29-24(32)21(35-25(29)33)11-16-12-28(20-6-4-3-5-19(16)20)13-22(30)27-18-9-7-17(26)8-10-18/h3-12,15H,13-14H2,1-2H3,(H,27,30)/b21-11-. The number of thioether (sulfide) groups is 1. The molecule has 1 aromatic heterocycles. The molecule has 0 radical (unpaired) electrons. The minimum absolute atomic E-state index is 0.0196. The van der Waals surface area contributed by atoms with Gasteiger partial charge in [0.1, 0.15) is 18.9 Å². The molecular formula is C25H22FN3O5S. The number of amides is 3. The van der Waals surface area contributed by atoms with Gasteiger partial charge < -0.3 is 14.6 Å². The average molecular weight is 496 g/mol. The highest BCUT2D eigenvalue weighted by molar-refractivity contribution is 8.18. The lowest BCUT2D eigenvalue weighted by molar-refractivity contribution is -0.149. The van der Waals surface area contributed by atoms with Crippen molar-refractivity contribution in [2.45, 2.75) is 26.5 Å². The van der Waals surface area contributed by atoms with Crippen LogP contribution in [0.1, 0.15) is 19.4 Å². The zero-order valence-electron chi connectivity index (χ0n) is 19.0. The molecule has 8 nitrogen and oxygen atoms in total. The number of nitrogens with zero attached hydrogens (tertiary/aromatic N) is 2. The van der Waals surface area contributed by atoms with Crippen LogP contribution in [0.2, 0.25) is 0 Å². The maximum Gasteiger partial charge on any atom is 0.326 e. The van der Waals surface area contributed by atoms with Gasteiger partial charge in [-0.3, -0.25) is 24.1 Å². The lowest BCUT2D eigenvalue weighted by atomic mass is 10.1. The Balaban J connectivity index is 1.56. The van der Waals surface area contributed by atoms with Crippen molar-refractivity contribution in [1.29, 1.82) is 0 Å². The summed E-state index contributed by atoms with van der Waals surface area (Å²) < 4.78 is 19.9. The number of anilines is 1. The topological polar surface area (TPSA) is 97.7 Å². The van der Waals surface area contributed by atoms with Crippen LogP contribution in [0.25, 0.3) is 17.0 Å². The summed E-state index contributed by atoms with van der Waals surface area (Å²) in [6, 6.07) is 12.8. The van der Waals surface area contributed by atoms with Crippen molar-refractivity contribution in [2.24, 2.45) is 0 Å². The number of para-hydroxylation sites is 1. The van der Waals surface area contributed by atoms with E-state index in [0.717, 1.165) is 27.6 Å². The molecule has 180 valence electrons. The number of nitrogens with one attached hydrogen (secondary N) is 1. The number of rotatable bonds is 7. The van der Waals surface area contributed by atoms with Gasteiger partial charge in [-0.15, -0.1) is 0 Å². The highest BCUT2D eigenvalue weighted by Crippen LogP contribution is 2.34. The number of carbonyl (C=O) groups excluding carboxylic acids is 4. The Morgan fingerprint density at radius 1 is 1.09 bits per heavy atom. The Kier molecular flexibility index (Phi) is 7.02. The van der Waals surface area contributed by atoms with Crippen LogP contribution < -0.4 is 5.32 Å². The zero-order valence-corrected chi connectivity index (χ0v) is 19.8. The first-order chi connectivity index (χ1) is 16.7. The van der Waals surface area contributed by atoms with E-state index in [-0.39, 0.29) is 23.5 Å². The Morgan fingerprint density at radius 2 is 1.80 bits per heavy atom. The quantitative estimate of drug-likeness (QED) is 0.385. The molecule has 2 heterocycles. The first-order valence-electron chi connectivity index (χ1n) is 10.8. The smallest absolute Gasteiger partial charge is 0.326 e. The number of imide groups is 1. The second-order valence-corrected chi connectivity index (χ2v) is 9.08. The number of esters is 1. The van der Waals surface area contributed by atoms with Crippen LogP contribution in [-0.4, -0.2) is 45.1 Å². The number of halogens is 1. The molecule has 0 saturated carbocycles. The van der Waals surface area contributed by atoms with Crippen molar-refractivity contribution in [3.63, 3.8) is 0 Å². The van der Waals surface area contributed by atoms with E-state index in [9.17, 15) is 23.6 Å². The predicted octanol–water partition coefficient (Wildman–Crippen LogP) is 4.41. The first-order valence-corrected chi connectivity index (χ1v) is 11.6. The van der Waals surface area contributed by atoms with Gasteiger partial charge in [0.15, 0.2) is 0 Å². The molecular weight excluding hydrogens is 473 g/mol. The number of aromatic nitrogens is 1. The van der Waals surface area contributed by atoms with Crippen LogP contribution in [0.4, 0.5) is 14.9 Å². The van der Waals surface area contributed by atoms with E-state index < -0.39 is 29.5 Å². The van der Waals surface area contributed by atoms with Crippen molar-refractivity contribution in [3.05, 3.63) is 71.0 Å². The minimum Gasteiger partial charge on any atom is -0.462 e. The number of ether oxygens (including phenoxy) is 1. The number of hydrogen-bond acceptors (Lipinski definition) is 6. The molecule has 0 aliphatic carbocycles. The van der Waals surface area contributed by atoms with E-state index in [1.54, 1.807) is 30.7 Å². The van der Waals surface area contributed by atoms with E-state index in [1.807, 2.05) is 24.3 Å². The van der Waals surface area contributed by atoms with Crippen molar-refractivity contribution in [2.75, 3.05) is 11.9 Å². The van der Waals surface area contributed by atoms with Crippen molar-refractivity contribution >= 4 is 57.5 Å². The summed E-state index contributed by atoms with van der Waals surface area (Å²) in [4.78, 5) is 50.7. The molecule has 1 N–H and O–H groups in total. The van der Waals surface area contributed by atoms with E-state index in [1.165, 1.54) is 24.3 Å². The van der Waals surface area contributed by atoms with Gasteiger partial charge in [-0.2, -0.15) is 0 Å². The van der Waals surface area contributed by atoms with E-state index in [4.69, 9.17) is 4.74 Å². The molecule has 0 unspecified atom stereocenters. The van der Waals surface area contributed by atoms with Crippen molar-refractivity contribution in [3.8, 4) is 0 Å². The van der Waals surface area contributed by atoms with Crippen LogP contribution in [-0.2, 0) is 25.7 Å².